The maximum atomic E-state index is 13.6. The van der Waals surface area contributed by atoms with E-state index < -0.39 is 17.7 Å². The minimum Gasteiger partial charge on any atom is -0.376 e. The van der Waals surface area contributed by atoms with E-state index in [1.54, 1.807) is 13.3 Å². The van der Waals surface area contributed by atoms with E-state index in [4.69, 9.17) is 4.74 Å². The molecule has 1 heterocycles. The van der Waals surface area contributed by atoms with Crippen molar-refractivity contribution in [1.82, 2.24) is 4.90 Å². The normalized spacial score (nSPS) is 17.8. The first kappa shape index (κ1) is 16.0. The lowest BCUT2D eigenvalue weighted by Gasteiger charge is -2.21. The molecule has 4 nitrogen and oxygen atoms in total. The number of hydrogen-bond acceptors (Lipinski definition) is 3. The van der Waals surface area contributed by atoms with Crippen LogP contribution in [0.5, 0.6) is 0 Å². The Kier molecular flexibility index (Phi) is 5.41. The summed E-state index contributed by atoms with van der Waals surface area (Å²) in [5.41, 5.74) is 0.104. The Morgan fingerprint density at radius 2 is 2.14 bits per heavy atom. The zero-order valence-electron chi connectivity index (χ0n) is 12.0. The molecule has 1 aliphatic heterocycles. The fourth-order valence-electron chi connectivity index (χ4n) is 2.22. The van der Waals surface area contributed by atoms with Crippen LogP contribution in [0.4, 0.5) is 19.3 Å². The maximum absolute atomic E-state index is 13.6. The second-order valence-corrected chi connectivity index (χ2v) is 5.74. The number of ether oxygens (including phenoxy) is 1. The van der Waals surface area contributed by atoms with Gasteiger partial charge in [0.05, 0.1) is 11.0 Å². The molecule has 1 aromatic rings. The molecular weight excluding hydrogens is 298 g/mol. The number of carbonyl (C=O) groups excluding carboxylic acids is 1. The van der Waals surface area contributed by atoms with E-state index in [2.05, 4.69) is 5.32 Å². The van der Waals surface area contributed by atoms with E-state index in [9.17, 15) is 13.6 Å². The number of thioether (sulfide) groups is 1. The van der Waals surface area contributed by atoms with Gasteiger partial charge in [0.15, 0.2) is 0 Å². The lowest BCUT2D eigenvalue weighted by molar-refractivity contribution is 0.0894. The summed E-state index contributed by atoms with van der Waals surface area (Å²) in [6, 6.07) is 1.82. The van der Waals surface area contributed by atoms with E-state index in [1.165, 1.54) is 4.90 Å². The molecule has 0 spiro atoms. The SMILES string of the molecule is CSc1c(F)cc(NC(=O)N(C)CC2CCCO2)cc1F. The highest BCUT2D eigenvalue weighted by atomic mass is 32.2. The summed E-state index contributed by atoms with van der Waals surface area (Å²) in [5.74, 6) is -1.36. The minimum atomic E-state index is -0.681. The second kappa shape index (κ2) is 7.09. The van der Waals surface area contributed by atoms with Crippen molar-refractivity contribution in [2.24, 2.45) is 0 Å². The standard InChI is InChI=1S/C14H18F2N2O2S/c1-18(8-10-4-3-5-20-10)14(19)17-9-6-11(15)13(21-2)12(16)7-9/h6-7,10H,3-5,8H2,1-2H3,(H,17,19). The Morgan fingerprint density at radius 3 is 2.67 bits per heavy atom. The monoisotopic (exact) mass is 316 g/mol. The lowest BCUT2D eigenvalue weighted by atomic mass is 10.2. The molecule has 1 unspecified atom stereocenters. The maximum Gasteiger partial charge on any atom is 0.321 e. The zero-order valence-corrected chi connectivity index (χ0v) is 12.8. The number of benzene rings is 1. The first-order chi connectivity index (χ1) is 10.0. The van der Waals surface area contributed by atoms with Crippen LogP contribution in [-0.2, 0) is 4.74 Å². The minimum absolute atomic E-state index is 0.0353. The Morgan fingerprint density at radius 1 is 1.48 bits per heavy atom. The van der Waals surface area contributed by atoms with Crippen LogP contribution < -0.4 is 5.32 Å². The van der Waals surface area contributed by atoms with Crippen LogP contribution in [0.15, 0.2) is 17.0 Å². The summed E-state index contributed by atoms with van der Waals surface area (Å²) in [6.45, 7) is 1.17. The number of halogens is 2. The number of likely N-dealkylation sites (N-methyl/N-ethyl adjacent to an activating group) is 1. The summed E-state index contributed by atoms with van der Waals surface area (Å²) < 4.78 is 32.7. The van der Waals surface area contributed by atoms with Gasteiger partial charge in [-0.3, -0.25) is 0 Å². The number of nitrogens with zero attached hydrogens (tertiary/aromatic N) is 1. The van der Waals surface area contributed by atoms with Gasteiger partial charge in [-0.2, -0.15) is 0 Å². The van der Waals surface area contributed by atoms with Crippen molar-refractivity contribution in [2.75, 3.05) is 31.8 Å². The summed E-state index contributed by atoms with van der Waals surface area (Å²) in [4.78, 5) is 13.4. The summed E-state index contributed by atoms with van der Waals surface area (Å²) in [5, 5.41) is 2.49. The summed E-state index contributed by atoms with van der Waals surface area (Å²) in [6.07, 6.45) is 3.54. The van der Waals surface area contributed by atoms with Crippen molar-refractivity contribution in [3.8, 4) is 0 Å². The summed E-state index contributed by atoms with van der Waals surface area (Å²) >= 11 is 0.988. The third-order valence-electron chi connectivity index (χ3n) is 3.30. The molecule has 7 heteroatoms. The van der Waals surface area contributed by atoms with Crippen molar-refractivity contribution in [2.45, 2.75) is 23.8 Å². The molecule has 1 saturated heterocycles. The third kappa shape index (κ3) is 4.07. The predicted molar refractivity (Wildman–Crippen MR) is 78.8 cm³/mol. The molecule has 2 amide bonds. The molecule has 0 radical (unpaired) electrons. The third-order valence-corrected chi connectivity index (χ3v) is 4.10. The van der Waals surface area contributed by atoms with Crippen LogP contribution in [0.1, 0.15) is 12.8 Å². The number of urea groups is 1. The van der Waals surface area contributed by atoms with Gasteiger partial charge in [-0.25, -0.2) is 13.6 Å². The number of anilines is 1. The predicted octanol–water partition coefficient (Wildman–Crippen LogP) is 3.33. The Bertz CT molecular complexity index is 499. The van der Waals surface area contributed by atoms with E-state index in [-0.39, 0.29) is 16.7 Å². The molecule has 1 fully saturated rings. The van der Waals surface area contributed by atoms with Gasteiger partial charge in [0, 0.05) is 25.9 Å². The first-order valence-electron chi connectivity index (χ1n) is 6.68. The average molecular weight is 316 g/mol. The molecule has 116 valence electrons. The van der Waals surface area contributed by atoms with E-state index in [0.29, 0.717) is 13.2 Å². The molecule has 0 aromatic heterocycles. The van der Waals surface area contributed by atoms with Crippen molar-refractivity contribution in [3.05, 3.63) is 23.8 Å². The van der Waals surface area contributed by atoms with Gasteiger partial charge in [-0.05, 0) is 31.2 Å². The van der Waals surface area contributed by atoms with Crippen molar-refractivity contribution in [3.63, 3.8) is 0 Å². The van der Waals surface area contributed by atoms with Crippen LogP contribution in [0, 0.1) is 11.6 Å². The van der Waals surface area contributed by atoms with Gasteiger partial charge >= 0.3 is 6.03 Å². The smallest absolute Gasteiger partial charge is 0.321 e. The van der Waals surface area contributed by atoms with Crippen LogP contribution in [0.2, 0.25) is 0 Å². The first-order valence-corrected chi connectivity index (χ1v) is 7.90. The fraction of sp³-hybridized carbons (Fsp3) is 0.500. The zero-order chi connectivity index (χ0) is 15.4. The molecule has 0 aliphatic carbocycles. The topological polar surface area (TPSA) is 41.6 Å². The van der Waals surface area contributed by atoms with Crippen molar-refractivity contribution < 1.29 is 18.3 Å². The molecule has 1 aromatic carbocycles. The molecular formula is C14H18F2N2O2S. The van der Waals surface area contributed by atoms with Crippen LogP contribution in [0.25, 0.3) is 0 Å². The van der Waals surface area contributed by atoms with Gasteiger partial charge in [0.25, 0.3) is 0 Å². The van der Waals surface area contributed by atoms with Gasteiger partial charge in [0.1, 0.15) is 11.6 Å². The Balaban J connectivity index is 1.98. The number of amides is 2. The number of hydrogen-bond donors (Lipinski definition) is 1. The fourth-order valence-corrected chi connectivity index (χ4v) is 2.73. The van der Waals surface area contributed by atoms with E-state index in [1.807, 2.05) is 0 Å². The van der Waals surface area contributed by atoms with Gasteiger partial charge < -0.3 is 15.0 Å². The molecule has 21 heavy (non-hydrogen) atoms. The Hall–Kier alpha value is -1.34. The largest absolute Gasteiger partial charge is 0.376 e. The van der Waals surface area contributed by atoms with Crippen LogP contribution in [-0.4, -0.2) is 43.5 Å². The number of carbonyl (C=O) groups is 1. The van der Waals surface area contributed by atoms with Gasteiger partial charge in [-0.15, -0.1) is 11.8 Å². The van der Waals surface area contributed by atoms with Crippen molar-refractivity contribution >= 4 is 23.5 Å². The van der Waals surface area contributed by atoms with Crippen molar-refractivity contribution in [1.29, 1.82) is 0 Å². The van der Waals surface area contributed by atoms with Crippen LogP contribution in [0.3, 0.4) is 0 Å². The quantitative estimate of drug-likeness (QED) is 0.866. The average Bonchev–Trinajstić information content (AvgIpc) is 2.91. The molecule has 0 saturated carbocycles. The molecule has 2 rings (SSSR count). The summed E-state index contributed by atoms with van der Waals surface area (Å²) in [7, 11) is 1.62. The van der Waals surface area contributed by atoms with Gasteiger partial charge in [-0.1, -0.05) is 0 Å². The molecule has 0 bridgehead atoms. The highest BCUT2D eigenvalue weighted by Crippen LogP contribution is 2.26. The second-order valence-electron chi connectivity index (χ2n) is 4.92. The molecule has 1 aliphatic rings. The molecule has 1 atom stereocenters. The van der Waals surface area contributed by atoms with E-state index in [0.717, 1.165) is 36.7 Å². The molecule has 1 N–H and O–H groups in total. The lowest BCUT2D eigenvalue weighted by Crippen LogP contribution is -2.37. The number of nitrogens with one attached hydrogen (secondary N) is 1. The highest BCUT2D eigenvalue weighted by molar-refractivity contribution is 7.98. The Labute approximate surface area is 126 Å². The number of rotatable bonds is 4. The van der Waals surface area contributed by atoms with Crippen LogP contribution >= 0.6 is 11.8 Å². The highest BCUT2D eigenvalue weighted by Gasteiger charge is 2.20. The van der Waals surface area contributed by atoms with Gasteiger partial charge in [0.2, 0.25) is 0 Å². The van der Waals surface area contributed by atoms with E-state index >= 15 is 0 Å².